The van der Waals surface area contributed by atoms with Crippen LogP contribution in [0.4, 0.5) is 9.59 Å². The predicted molar refractivity (Wildman–Crippen MR) is 117 cm³/mol. The number of ketones is 1. The lowest BCUT2D eigenvalue weighted by molar-refractivity contribution is 0.0522. The molecule has 34 heavy (non-hydrogen) atoms. The second-order valence-electron chi connectivity index (χ2n) is 7.34. The van der Waals surface area contributed by atoms with Crippen LogP contribution in [0.2, 0.25) is 0 Å². The molecule has 0 unspecified atom stereocenters. The number of piperazine rings is 1. The molecule has 3 rings (SSSR count). The number of aromatic hydroxyl groups is 2. The van der Waals surface area contributed by atoms with E-state index in [1.54, 1.807) is 6.92 Å². The van der Waals surface area contributed by atoms with Crippen LogP contribution in [0.15, 0.2) is 36.4 Å². The molecule has 0 aliphatic carbocycles. The van der Waals surface area contributed by atoms with Crippen molar-refractivity contribution in [1.29, 1.82) is 0 Å². The average molecular weight is 472 g/mol. The van der Waals surface area contributed by atoms with Crippen molar-refractivity contribution < 1.29 is 43.6 Å². The number of hydrogen-bond acceptors (Lipinski definition) is 9. The molecule has 1 heterocycles. The highest BCUT2D eigenvalue weighted by Crippen LogP contribution is 2.25. The largest absolute Gasteiger partial charge is 0.507 e. The molecule has 0 atom stereocenters. The Balaban J connectivity index is 1.55. The fraction of sp³-hybridized carbons (Fsp3) is 0.304. The number of carbonyl (C=O) groups excluding carboxylic acids is 4. The van der Waals surface area contributed by atoms with Crippen molar-refractivity contribution >= 4 is 23.9 Å². The first kappa shape index (κ1) is 24.4. The first-order valence-corrected chi connectivity index (χ1v) is 10.5. The highest BCUT2D eigenvalue weighted by molar-refractivity contribution is 5.97. The Hall–Kier alpha value is -4.28. The number of amides is 2. The van der Waals surface area contributed by atoms with Gasteiger partial charge >= 0.3 is 18.2 Å². The minimum Gasteiger partial charge on any atom is -0.507 e. The molecule has 1 fully saturated rings. The molecule has 2 aromatic rings. The third-order valence-corrected chi connectivity index (χ3v) is 5.02. The second-order valence-corrected chi connectivity index (χ2v) is 7.34. The summed E-state index contributed by atoms with van der Waals surface area (Å²) >= 11 is 0. The molecular weight excluding hydrogens is 448 g/mol. The zero-order chi connectivity index (χ0) is 24.8. The van der Waals surface area contributed by atoms with E-state index in [-0.39, 0.29) is 72.7 Å². The number of phenols is 2. The summed E-state index contributed by atoms with van der Waals surface area (Å²) in [6.45, 7) is 3.73. The van der Waals surface area contributed by atoms with Gasteiger partial charge in [0.1, 0.15) is 28.6 Å². The number of hydrogen-bond donors (Lipinski definition) is 2. The van der Waals surface area contributed by atoms with E-state index < -0.39 is 18.2 Å². The Labute approximate surface area is 195 Å². The highest BCUT2D eigenvalue weighted by Gasteiger charge is 2.27. The van der Waals surface area contributed by atoms with Gasteiger partial charge in [-0.2, -0.15) is 0 Å². The standard InChI is InChI=1S/C23H24N2O9/c1-3-32-21(29)18-13-16(5-7-20(18)28)34-23(31)25-10-8-24(9-11-25)22(30)33-15-4-6-19(27)17(12-15)14(2)26/h4-7,12-13,27-28H,3,8-11H2,1-2H3. The van der Waals surface area contributed by atoms with Gasteiger partial charge < -0.3 is 34.2 Å². The lowest BCUT2D eigenvalue weighted by Gasteiger charge is -2.33. The van der Waals surface area contributed by atoms with Crippen LogP contribution in [0.1, 0.15) is 34.6 Å². The molecule has 0 spiro atoms. The summed E-state index contributed by atoms with van der Waals surface area (Å²) < 4.78 is 15.4. The maximum atomic E-state index is 12.5. The smallest absolute Gasteiger partial charge is 0.415 e. The van der Waals surface area contributed by atoms with Crippen molar-refractivity contribution in [1.82, 2.24) is 9.80 Å². The maximum absolute atomic E-state index is 12.5. The fourth-order valence-corrected chi connectivity index (χ4v) is 3.21. The summed E-state index contributed by atoms with van der Waals surface area (Å²) in [6.07, 6.45) is -1.34. The van der Waals surface area contributed by atoms with Crippen LogP contribution in [-0.4, -0.2) is 76.7 Å². The normalized spacial score (nSPS) is 13.2. The van der Waals surface area contributed by atoms with Crippen LogP contribution in [0.5, 0.6) is 23.0 Å². The van der Waals surface area contributed by atoms with Gasteiger partial charge in [0.25, 0.3) is 0 Å². The molecule has 2 aromatic carbocycles. The number of esters is 1. The van der Waals surface area contributed by atoms with E-state index in [2.05, 4.69) is 0 Å². The summed E-state index contributed by atoms with van der Waals surface area (Å²) in [5.41, 5.74) is -0.0833. The van der Waals surface area contributed by atoms with Crippen molar-refractivity contribution in [2.45, 2.75) is 13.8 Å². The number of nitrogens with zero attached hydrogens (tertiary/aromatic N) is 2. The number of ether oxygens (including phenoxy) is 3. The van der Waals surface area contributed by atoms with E-state index in [0.29, 0.717) is 0 Å². The Bertz CT molecular complexity index is 1110. The molecule has 180 valence electrons. The van der Waals surface area contributed by atoms with Gasteiger partial charge in [0.05, 0.1) is 12.2 Å². The summed E-state index contributed by atoms with van der Waals surface area (Å²) in [5, 5.41) is 19.5. The molecule has 0 aromatic heterocycles. The van der Waals surface area contributed by atoms with Crippen LogP contribution < -0.4 is 9.47 Å². The maximum Gasteiger partial charge on any atom is 0.415 e. The monoisotopic (exact) mass is 472 g/mol. The van der Waals surface area contributed by atoms with Crippen molar-refractivity contribution in [3.8, 4) is 23.0 Å². The van der Waals surface area contributed by atoms with Gasteiger partial charge in [0, 0.05) is 26.2 Å². The summed E-state index contributed by atoms with van der Waals surface area (Å²) in [5.74, 6) is -1.45. The highest BCUT2D eigenvalue weighted by atomic mass is 16.6. The van der Waals surface area contributed by atoms with E-state index in [9.17, 15) is 29.4 Å². The topological polar surface area (TPSA) is 143 Å². The van der Waals surface area contributed by atoms with Gasteiger partial charge in [-0.3, -0.25) is 4.79 Å². The van der Waals surface area contributed by atoms with Crippen LogP contribution in [0.25, 0.3) is 0 Å². The first-order chi connectivity index (χ1) is 16.2. The molecule has 1 aliphatic rings. The molecule has 0 bridgehead atoms. The minimum atomic E-state index is -0.742. The van der Waals surface area contributed by atoms with Crippen LogP contribution >= 0.6 is 0 Å². The second kappa shape index (κ2) is 10.6. The number of rotatable bonds is 5. The minimum absolute atomic E-state index is 0.0400. The van der Waals surface area contributed by atoms with Gasteiger partial charge in [0.2, 0.25) is 0 Å². The van der Waals surface area contributed by atoms with Crippen LogP contribution in [0.3, 0.4) is 0 Å². The molecule has 2 N–H and O–H groups in total. The average Bonchev–Trinajstić information content (AvgIpc) is 2.81. The Kier molecular flexibility index (Phi) is 7.57. The number of benzene rings is 2. The lowest BCUT2D eigenvalue weighted by atomic mass is 10.1. The van der Waals surface area contributed by atoms with Crippen molar-refractivity contribution in [3.63, 3.8) is 0 Å². The molecular formula is C23H24N2O9. The summed E-state index contributed by atoms with van der Waals surface area (Å²) in [4.78, 5) is 51.1. The van der Waals surface area contributed by atoms with Crippen LogP contribution in [-0.2, 0) is 4.74 Å². The van der Waals surface area contributed by atoms with Crippen LogP contribution in [0, 0.1) is 0 Å². The molecule has 11 heteroatoms. The number of phenolic OH excluding ortho intramolecular Hbond substituents is 2. The van der Waals surface area contributed by atoms with Crippen molar-refractivity contribution in [2.24, 2.45) is 0 Å². The Morgan fingerprint density at radius 3 is 1.68 bits per heavy atom. The van der Waals surface area contributed by atoms with Gasteiger partial charge in [-0.1, -0.05) is 0 Å². The Morgan fingerprint density at radius 1 is 0.794 bits per heavy atom. The third kappa shape index (κ3) is 5.74. The van der Waals surface area contributed by atoms with E-state index in [4.69, 9.17) is 14.2 Å². The van der Waals surface area contributed by atoms with E-state index in [0.717, 1.165) is 0 Å². The molecule has 0 saturated carbocycles. The van der Waals surface area contributed by atoms with Gasteiger partial charge in [0.15, 0.2) is 5.78 Å². The van der Waals surface area contributed by atoms with E-state index in [1.807, 2.05) is 0 Å². The van der Waals surface area contributed by atoms with E-state index >= 15 is 0 Å². The zero-order valence-electron chi connectivity index (χ0n) is 18.6. The lowest BCUT2D eigenvalue weighted by Crippen LogP contribution is -2.52. The molecule has 1 aliphatic heterocycles. The van der Waals surface area contributed by atoms with E-state index in [1.165, 1.54) is 53.1 Å². The van der Waals surface area contributed by atoms with Gasteiger partial charge in [-0.25, -0.2) is 14.4 Å². The Morgan fingerprint density at radius 2 is 1.24 bits per heavy atom. The number of carbonyl (C=O) groups is 4. The molecule has 11 nitrogen and oxygen atoms in total. The number of Topliss-reactive ketones (excluding diaryl/α,β-unsaturated/α-hetero) is 1. The third-order valence-electron chi connectivity index (χ3n) is 5.02. The molecule has 0 radical (unpaired) electrons. The van der Waals surface area contributed by atoms with Gasteiger partial charge in [-0.05, 0) is 50.2 Å². The molecule has 2 amide bonds. The van der Waals surface area contributed by atoms with Gasteiger partial charge in [-0.15, -0.1) is 0 Å². The predicted octanol–water partition coefficient (Wildman–Crippen LogP) is 2.79. The SMILES string of the molecule is CCOC(=O)c1cc(OC(=O)N2CCN(C(=O)Oc3ccc(O)c(C(C)=O)c3)CC2)ccc1O. The van der Waals surface area contributed by atoms with Crippen molar-refractivity contribution in [2.75, 3.05) is 32.8 Å². The summed E-state index contributed by atoms with van der Waals surface area (Å²) in [6, 6.07) is 7.71. The fourth-order valence-electron chi connectivity index (χ4n) is 3.21. The summed E-state index contributed by atoms with van der Waals surface area (Å²) in [7, 11) is 0. The van der Waals surface area contributed by atoms with Crippen molar-refractivity contribution in [3.05, 3.63) is 47.5 Å². The first-order valence-electron chi connectivity index (χ1n) is 10.5. The zero-order valence-corrected chi connectivity index (χ0v) is 18.6. The molecule has 1 saturated heterocycles. The quantitative estimate of drug-likeness (QED) is 0.496.